The largest absolute Gasteiger partial charge is 0.360 e. The van der Waals surface area contributed by atoms with Gasteiger partial charge < -0.3 is 4.98 Å². The molecule has 1 aromatic carbocycles. The number of halogens is 1. The van der Waals surface area contributed by atoms with Crippen LogP contribution in [0.4, 0.5) is 4.39 Å². The highest BCUT2D eigenvalue weighted by atomic mass is 32.1. The standard InChI is InChI=1S/C15H12FN3O2S/c1-2-11(19-21)13-7-22-15(18-13)14(20)10-6-17-12-5-8(16)3-4-9(10)12/h3-7,11,17H,2H2,1H3/t11-/m0/s1. The number of carbonyl (C=O) groups excluding carboxylic acids is 1. The fraction of sp³-hybridized carbons (Fsp3) is 0.200. The zero-order valence-electron chi connectivity index (χ0n) is 11.7. The molecule has 22 heavy (non-hydrogen) atoms. The molecule has 0 spiro atoms. The van der Waals surface area contributed by atoms with Crippen LogP contribution in [0.3, 0.4) is 0 Å². The van der Waals surface area contributed by atoms with Gasteiger partial charge in [0, 0.05) is 22.5 Å². The fourth-order valence-electron chi connectivity index (χ4n) is 2.28. The highest BCUT2D eigenvalue weighted by molar-refractivity contribution is 7.12. The number of nitrogens with zero attached hydrogens (tertiary/aromatic N) is 2. The van der Waals surface area contributed by atoms with Gasteiger partial charge >= 0.3 is 0 Å². The summed E-state index contributed by atoms with van der Waals surface area (Å²) in [5, 5.41) is 5.62. The average molecular weight is 317 g/mol. The smallest absolute Gasteiger partial charge is 0.223 e. The van der Waals surface area contributed by atoms with Crippen LogP contribution in [-0.4, -0.2) is 15.8 Å². The Morgan fingerprint density at radius 2 is 2.32 bits per heavy atom. The predicted octanol–water partition coefficient (Wildman–Crippen LogP) is 4.21. The second-order valence-corrected chi connectivity index (χ2v) is 5.69. The molecule has 1 N–H and O–H groups in total. The van der Waals surface area contributed by atoms with Crippen LogP contribution in [0.1, 0.15) is 40.4 Å². The minimum Gasteiger partial charge on any atom is -0.360 e. The van der Waals surface area contributed by atoms with Gasteiger partial charge in [0.05, 0.1) is 11.3 Å². The molecule has 5 nitrogen and oxygen atoms in total. The van der Waals surface area contributed by atoms with Gasteiger partial charge in [-0.3, -0.25) is 4.79 Å². The lowest BCUT2D eigenvalue weighted by Crippen LogP contribution is -2.01. The summed E-state index contributed by atoms with van der Waals surface area (Å²) in [6.07, 6.45) is 2.08. The van der Waals surface area contributed by atoms with Gasteiger partial charge in [-0.15, -0.1) is 11.3 Å². The Morgan fingerprint density at radius 1 is 1.50 bits per heavy atom. The number of fused-ring (bicyclic) bond motifs is 1. The van der Waals surface area contributed by atoms with Crippen molar-refractivity contribution in [3.8, 4) is 0 Å². The molecule has 0 unspecified atom stereocenters. The number of carbonyl (C=O) groups is 1. The third kappa shape index (κ3) is 2.43. The summed E-state index contributed by atoms with van der Waals surface area (Å²) in [7, 11) is 0. The molecule has 3 aromatic rings. The quantitative estimate of drug-likeness (QED) is 0.565. The van der Waals surface area contributed by atoms with Gasteiger partial charge in [0.25, 0.3) is 0 Å². The lowest BCUT2D eigenvalue weighted by atomic mass is 10.1. The number of nitrogens with one attached hydrogen (secondary N) is 1. The van der Waals surface area contributed by atoms with Crippen LogP contribution < -0.4 is 0 Å². The zero-order chi connectivity index (χ0) is 15.7. The van der Waals surface area contributed by atoms with Crippen LogP contribution >= 0.6 is 11.3 Å². The van der Waals surface area contributed by atoms with E-state index in [1.807, 2.05) is 6.92 Å². The molecule has 7 heteroatoms. The van der Waals surface area contributed by atoms with Crippen molar-refractivity contribution in [3.05, 3.63) is 56.8 Å². The molecule has 0 aliphatic carbocycles. The summed E-state index contributed by atoms with van der Waals surface area (Å²) in [6.45, 7) is 1.83. The van der Waals surface area contributed by atoms with Gasteiger partial charge in [-0.25, -0.2) is 9.37 Å². The lowest BCUT2D eigenvalue weighted by molar-refractivity contribution is 0.103. The minimum atomic E-state index is -0.533. The molecule has 2 heterocycles. The van der Waals surface area contributed by atoms with E-state index < -0.39 is 6.04 Å². The third-order valence-corrected chi connectivity index (χ3v) is 4.32. The van der Waals surface area contributed by atoms with Crippen molar-refractivity contribution in [2.24, 2.45) is 5.18 Å². The van der Waals surface area contributed by atoms with Gasteiger partial charge in [0.15, 0.2) is 5.01 Å². The number of hydrogen-bond donors (Lipinski definition) is 1. The second kappa shape index (κ2) is 5.76. The van der Waals surface area contributed by atoms with Crippen LogP contribution in [0.2, 0.25) is 0 Å². The van der Waals surface area contributed by atoms with Gasteiger partial charge in [0.2, 0.25) is 5.78 Å². The first-order chi connectivity index (χ1) is 10.6. The second-order valence-electron chi connectivity index (χ2n) is 4.83. The number of hydrogen-bond acceptors (Lipinski definition) is 5. The van der Waals surface area contributed by atoms with Crippen molar-refractivity contribution in [1.29, 1.82) is 0 Å². The van der Waals surface area contributed by atoms with Crippen molar-refractivity contribution in [2.75, 3.05) is 0 Å². The van der Waals surface area contributed by atoms with E-state index in [1.165, 1.54) is 23.5 Å². The Bertz CT molecular complexity index is 855. The van der Waals surface area contributed by atoms with E-state index in [4.69, 9.17) is 0 Å². The highest BCUT2D eigenvalue weighted by Gasteiger charge is 2.20. The topological polar surface area (TPSA) is 75.2 Å². The molecule has 3 rings (SSSR count). The van der Waals surface area contributed by atoms with E-state index in [0.29, 0.717) is 33.6 Å². The van der Waals surface area contributed by atoms with Gasteiger partial charge in [-0.05, 0) is 24.6 Å². The summed E-state index contributed by atoms with van der Waals surface area (Å²) in [5.74, 6) is -0.623. The number of H-pyrrole nitrogens is 1. The van der Waals surface area contributed by atoms with Gasteiger partial charge in [0.1, 0.15) is 11.9 Å². The molecule has 1 atom stereocenters. The van der Waals surface area contributed by atoms with E-state index in [2.05, 4.69) is 15.1 Å². The Morgan fingerprint density at radius 3 is 3.05 bits per heavy atom. The van der Waals surface area contributed by atoms with Crippen LogP contribution in [0, 0.1) is 10.7 Å². The van der Waals surface area contributed by atoms with E-state index >= 15 is 0 Å². The van der Waals surface area contributed by atoms with Crippen molar-refractivity contribution >= 4 is 28.0 Å². The molecule has 0 fully saturated rings. The highest BCUT2D eigenvalue weighted by Crippen LogP contribution is 2.26. The van der Waals surface area contributed by atoms with Crippen LogP contribution in [-0.2, 0) is 0 Å². The summed E-state index contributed by atoms with van der Waals surface area (Å²) in [4.78, 5) is 30.4. The van der Waals surface area contributed by atoms with Crippen LogP contribution in [0.15, 0.2) is 35.0 Å². The Hall–Kier alpha value is -2.41. The molecule has 0 aliphatic heterocycles. The van der Waals surface area contributed by atoms with E-state index in [-0.39, 0.29) is 11.6 Å². The van der Waals surface area contributed by atoms with Crippen molar-refractivity contribution < 1.29 is 9.18 Å². The van der Waals surface area contributed by atoms with Crippen molar-refractivity contribution in [1.82, 2.24) is 9.97 Å². The van der Waals surface area contributed by atoms with E-state index in [0.717, 1.165) is 0 Å². The molecule has 0 saturated heterocycles. The minimum absolute atomic E-state index is 0.255. The molecular formula is C15H12FN3O2S. The van der Waals surface area contributed by atoms with Crippen LogP contribution in [0.25, 0.3) is 10.9 Å². The first-order valence-corrected chi connectivity index (χ1v) is 7.61. The lowest BCUT2D eigenvalue weighted by Gasteiger charge is -2.00. The number of rotatable bonds is 5. The van der Waals surface area contributed by atoms with E-state index in [9.17, 15) is 14.1 Å². The first-order valence-electron chi connectivity index (χ1n) is 6.73. The molecular weight excluding hydrogens is 305 g/mol. The maximum absolute atomic E-state index is 13.2. The SMILES string of the molecule is CC[C@H](N=O)c1csc(C(=O)c2c[nH]c3cc(F)ccc23)n1. The predicted molar refractivity (Wildman–Crippen MR) is 82.6 cm³/mol. The van der Waals surface area contributed by atoms with Crippen molar-refractivity contribution in [2.45, 2.75) is 19.4 Å². The monoisotopic (exact) mass is 317 g/mol. The number of benzene rings is 1. The summed E-state index contributed by atoms with van der Waals surface area (Å²) in [6, 6.07) is 3.67. The first kappa shape index (κ1) is 14.5. The molecule has 0 aliphatic rings. The van der Waals surface area contributed by atoms with Crippen LogP contribution in [0.5, 0.6) is 0 Å². The number of aromatic amines is 1. The van der Waals surface area contributed by atoms with Crippen molar-refractivity contribution in [3.63, 3.8) is 0 Å². The van der Waals surface area contributed by atoms with E-state index in [1.54, 1.807) is 17.6 Å². The molecule has 0 bridgehead atoms. The zero-order valence-corrected chi connectivity index (χ0v) is 12.5. The normalized spacial score (nSPS) is 12.5. The Balaban J connectivity index is 1.98. The fourth-order valence-corrected chi connectivity index (χ4v) is 3.10. The molecule has 0 amide bonds. The number of nitroso groups, excluding NO2 is 1. The summed E-state index contributed by atoms with van der Waals surface area (Å²) in [5.41, 5.74) is 1.50. The number of thiazole rings is 1. The van der Waals surface area contributed by atoms with Gasteiger partial charge in [-0.1, -0.05) is 12.1 Å². The molecule has 0 radical (unpaired) electrons. The number of aromatic nitrogens is 2. The maximum atomic E-state index is 13.2. The van der Waals surface area contributed by atoms with Gasteiger partial charge in [-0.2, -0.15) is 4.91 Å². The maximum Gasteiger partial charge on any atom is 0.223 e. The molecule has 112 valence electrons. The molecule has 0 saturated carbocycles. The Kier molecular flexibility index (Phi) is 3.81. The number of ketones is 1. The average Bonchev–Trinajstić information content (AvgIpc) is 3.14. The molecule has 2 aromatic heterocycles. The summed E-state index contributed by atoms with van der Waals surface area (Å²) < 4.78 is 13.2. The Labute approximate surface area is 129 Å². The third-order valence-electron chi connectivity index (χ3n) is 3.46. The summed E-state index contributed by atoms with van der Waals surface area (Å²) >= 11 is 1.18.